The lowest BCUT2D eigenvalue weighted by Crippen LogP contribution is -2.22. The van der Waals surface area contributed by atoms with Gasteiger partial charge in [-0.3, -0.25) is 0 Å². The SMILES string of the molecule is CC(C)(C)n1ccc([C@H](N)CN)c1. The largest absolute Gasteiger partial charge is 0.349 e. The monoisotopic (exact) mass is 181 g/mol. The van der Waals surface area contributed by atoms with Crippen LogP contribution in [0.25, 0.3) is 0 Å². The van der Waals surface area contributed by atoms with Crippen LogP contribution < -0.4 is 11.5 Å². The average Bonchev–Trinajstić information content (AvgIpc) is 2.50. The van der Waals surface area contributed by atoms with E-state index in [0.717, 1.165) is 5.56 Å². The van der Waals surface area contributed by atoms with Crippen molar-refractivity contribution in [3.63, 3.8) is 0 Å². The number of hydrogen-bond acceptors (Lipinski definition) is 2. The lowest BCUT2D eigenvalue weighted by atomic mass is 10.1. The van der Waals surface area contributed by atoms with Crippen LogP contribution in [0, 0.1) is 0 Å². The summed E-state index contributed by atoms with van der Waals surface area (Å²) < 4.78 is 2.15. The minimum absolute atomic E-state index is 0.0383. The van der Waals surface area contributed by atoms with Gasteiger partial charge in [-0.1, -0.05) is 0 Å². The van der Waals surface area contributed by atoms with E-state index in [4.69, 9.17) is 11.5 Å². The Hall–Kier alpha value is -0.800. The molecule has 3 heteroatoms. The first-order valence-electron chi connectivity index (χ1n) is 4.59. The molecule has 1 atom stereocenters. The first kappa shape index (κ1) is 10.3. The normalized spacial score (nSPS) is 14.5. The predicted octanol–water partition coefficient (Wildman–Crippen LogP) is 1.20. The van der Waals surface area contributed by atoms with Crippen molar-refractivity contribution >= 4 is 0 Å². The Morgan fingerprint density at radius 3 is 2.46 bits per heavy atom. The Kier molecular flexibility index (Phi) is 2.78. The van der Waals surface area contributed by atoms with E-state index in [1.807, 2.05) is 12.3 Å². The van der Waals surface area contributed by atoms with Gasteiger partial charge in [0.15, 0.2) is 0 Å². The molecule has 4 N–H and O–H groups in total. The molecule has 0 aromatic carbocycles. The minimum Gasteiger partial charge on any atom is -0.349 e. The van der Waals surface area contributed by atoms with Crippen LogP contribution in [0.5, 0.6) is 0 Å². The van der Waals surface area contributed by atoms with E-state index in [-0.39, 0.29) is 11.6 Å². The summed E-state index contributed by atoms with van der Waals surface area (Å²) in [5.74, 6) is 0. The maximum Gasteiger partial charge on any atom is 0.0434 e. The van der Waals surface area contributed by atoms with Crippen LogP contribution in [-0.4, -0.2) is 11.1 Å². The highest BCUT2D eigenvalue weighted by atomic mass is 15.0. The lowest BCUT2D eigenvalue weighted by molar-refractivity contribution is 0.397. The maximum absolute atomic E-state index is 5.81. The zero-order chi connectivity index (χ0) is 10.1. The molecule has 0 amide bonds. The van der Waals surface area contributed by atoms with E-state index >= 15 is 0 Å². The summed E-state index contributed by atoms with van der Waals surface area (Å²) in [4.78, 5) is 0. The van der Waals surface area contributed by atoms with Crippen LogP contribution >= 0.6 is 0 Å². The first-order valence-corrected chi connectivity index (χ1v) is 4.59. The van der Waals surface area contributed by atoms with Crippen molar-refractivity contribution in [1.82, 2.24) is 4.57 Å². The zero-order valence-electron chi connectivity index (χ0n) is 8.62. The van der Waals surface area contributed by atoms with Crippen LogP contribution in [0.2, 0.25) is 0 Å². The van der Waals surface area contributed by atoms with Crippen LogP contribution in [0.4, 0.5) is 0 Å². The van der Waals surface area contributed by atoms with E-state index in [1.165, 1.54) is 0 Å². The molecule has 74 valence electrons. The highest BCUT2D eigenvalue weighted by Gasteiger charge is 2.13. The van der Waals surface area contributed by atoms with Crippen LogP contribution in [0.15, 0.2) is 18.5 Å². The molecule has 0 bridgehead atoms. The summed E-state index contributed by atoms with van der Waals surface area (Å²) in [7, 11) is 0. The third kappa shape index (κ3) is 2.32. The molecule has 0 radical (unpaired) electrons. The summed E-state index contributed by atoms with van der Waals surface area (Å²) in [6.07, 6.45) is 4.11. The molecule has 1 heterocycles. The quantitative estimate of drug-likeness (QED) is 0.720. The minimum atomic E-state index is -0.0383. The molecule has 0 saturated heterocycles. The second-order valence-corrected chi connectivity index (χ2v) is 4.37. The number of rotatable bonds is 2. The molecule has 0 aliphatic heterocycles. The van der Waals surface area contributed by atoms with Gasteiger partial charge in [-0.25, -0.2) is 0 Å². The lowest BCUT2D eigenvalue weighted by Gasteiger charge is -2.21. The molecule has 0 aliphatic carbocycles. The maximum atomic E-state index is 5.81. The third-order valence-corrected chi connectivity index (χ3v) is 2.17. The van der Waals surface area contributed by atoms with Gasteiger partial charge in [-0.05, 0) is 32.4 Å². The molecule has 13 heavy (non-hydrogen) atoms. The Balaban J connectivity index is 2.87. The Labute approximate surface area is 79.7 Å². The van der Waals surface area contributed by atoms with Crippen molar-refractivity contribution in [2.75, 3.05) is 6.54 Å². The molecule has 0 spiro atoms. The van der Waals surface area contributed by atoms with Crippen molar-refractivity contribution in [2.24, 2.45) is 11.5 Å². The summed E-state index contributed by atoms with van der Waals surface area (Å²) in [6.45, 7) is 6.97. The Morgan fingerprint density at radius 2 is 2.08 bits per heavy atom. The van der Waals surface area contributed by atoms with Crippen molar-refractivity contribution in [3.8, 4) is 0 Å². The van der Waals surface area contributed by atoms with Gasteiger partial charge in [0.1, 0.15) is 0 Å². The van der Waals surface area contributed by atoms with Gasteiger partial charge >= 0.3 is 0 Å². The predicted molar refractivity (Wildman–Crippen MR) is 55.4 cm³/mol. The van der Waals surface area contributed by atoms with E-state index in [2.05, 4.69) is 31.5 Å². The number of nitrogens with zero attached hydrogens (tertiary/aromatic N) is 1. The van der Waals surface area contributed by atoms with Crippen molar-refractivity contribution < 1.29 is 0 Å². The fraction of sp³-hybridized carbons (Fsp3) is 0.600. The van der Waals surface area contributed by atoms with Gasteiger partial charge in [0.25, 0.3) is 0 Å². The van der Waals surface area contributed by atoms with Crippen molar-refractivity contribution in [2.45, 2.75) is 32.4 Å². The van der Waals surface area contributed by atoms with E-state index in [1.54, 1.807) is 0 Å². The topological polar surface area (TPSA) is 57.0 Å². The fourth-order valence-electron chi connectivity index (χ4n) is 1.19. The molecule has 1 rings (SSSR count). The Bertz CT molecular complexity index is 270. The third-order valence-electron chi connectivity index (χ3n) is 2.17. The zero-order valence-corrected chi connectivity index (χ0v) is 8.62. The molecular weight excluding hydrogens is 162 g/mol. The Morgan fingerprint density at radius 1 is 1.46 bits per heavy atom. The second kappa shape index (κ2) is 3.52. The van der Waals surface area contributed by atoms with Gasteiger partial charge in [0, 0.05) is 30.5 Å². The van der Waals surface area contributed by atoms with E-state index in [9.17, 15) is 0 Å². The number of aromatic nitrogens is 1. The highest BCUT2D eigenvalue weighted by Crippen LogP contribution is 2.18. The fourth-order valence-corrected chi connectivity index (χ4v) is 1.19. The summed E-state index contributed by atoms with van der Waals surface area (Å²) in [6, 6.07) is 1.99. The van der Waals surface area contributed by atoms with E-state index in [0.29, 0.717) is 6.54 Å². The molecule has 0 fully saturated rings. The molecule has 1 aromatic heterocycles. The molecule has 0 unspecified atom stereocenters. The van der Waals surface area contributed by atoms with Gasteiger partial charge in [0.05, 0.1) is 0 Å². The van der Waals surface area contributed by atoms with Gasteiger partial charge in [0.2, 0.25) is 0 Å². The van der Waals surface area contributed by atoms with Crippen molar-refractivity contribution in [3.05, 3.63) is 24.0 Å². The average molecular weight is 181 g/mol. The number of nitrogens with two attached hydrogens (primary N) is 2. The second-order valence-electron chi connectivity index (χ2n) is 4.37. The summed E-state index contributed by atoms with van der Waals surface area (Å²) >= 11 is 0. The summed E-state index contributed by atoms with van der Waals surface area (Å²) in [5, 5.41) is 0. The van der Waals surface area contributed by atoms with Crippen LogP contribution in [0.1, 0.15) is 32.4 Å². The highest BCUT2D eigenvalue weighted by molar-refractivity contribution is 5.16. The first-order chi connectivity index (χ1) is 5.95. The van der Waals surface area contributed by atoms with Gasteiger partial charge in [-0.15, -0.1) is 0 Å². The summed E-state index contributed by atoms with van der Waals surface area (Å²) in [5.41, 5.74) is 12.5. The molecule has 0 saturated carbocycles. The molecule has 3 nitrogen and oxygen atoms in total. The van der Waals surface area contributed by atoms with Crippen molar-refractivity contribution in [1.29, 1.82) is 0 Å². The van der Waals surface area contributed by atoms with Crippen LogP contribution in [-0.2, 0) is 5.54 Å². The molecule has 1 aromatic rings. The standard InChI is InChI=1S/C10H19N3/c1-10(2,3)13-5-4-8(7-13)9(12)6-11/h4-5,7,9H,6,11-12H2,1-3H3/t9-/m1/s1. The van der Waals surface area contributed by atoms with Gasteiger partial charge in [-0.2, -0.15) is 0 Å². The molecular formula is C10H19N3. The van der Waals surface area contributed by atoms with Gasteiger partial charge < -0.3 is 16.0 Å². The van der Waals surface area contributed by atoms with E-state index < -0.39 is 0 Å². The smallest absolute Gasteiger partial charge is 0.0434 e. The van der Waals surface area contributed by atoms with Crippen LogP contribution in [0.3, 0.4) is 0 Å². The molecule has 0 aliphatic rings. The number of hydrogen-bond donors (Lipinski definition) is 2.